The zero-order chi connectivity index (χ0) is 31.0. The summed E-state index contributed by atoms with van der Waals surface area (Å²) in [4.78, 5) is 15.6. The highest BCUT2D eigenvalue weighted by atomic mass is 35.5. The SMILES string of the molecule is CCOC(=O)c1cnn(C2CCCN(C3=C(c4ccccc4)C=CC(Cl)(N4CCN(S(C)(=O)=O)CC4)C3)C2)c1C(F)(F)F. The van der Waals surface area contributed by atoms with Crippen molar-refractivity contribution < 1.29 is 31.1 Å². The van der Waals surface area contributed by atoms with Crippen molar-refractivity contribution in [2.45, 2.75) is 43.4 Å². The van der Waals surface area contributed by atoms with Gasteiger partial charge >= 0.3 is 12.1 Å². The molecule has 2 saturated heterocycles. The number of allylic oxidation sites excluding steroid dienone is 2. The third kappa shape index (κ3) is 6.64. The Morgan fingerprint density at radius 1 is 1.14 bits per heavy atom. The van der Waals surface area contributed by atoms with Gasteiger partial charge in [0, 0.05) is 57.0 Å². The molecule has 0 N–H and O–H groups in total. The average Bonchev–Trinajstić information content (AvgIpc) is 3.44. The minimum absolute atomic E-state index is 0.0497. The van der Waals surface area contributed by atoms with E-state index in [1.807, 2.05) is 42.5 Å². The highest BCUT2D eigenvalue weighted by Gasteiger charge is 2.44. The molecule has 5 rings (SSSR count). The molecule has 1 aromatic heterocycles. The van der Waals surface area contributed by atoms with Gasteiger partial charge in [0.25, 0.3) is 0 Å². The second-order valence-corrected chi connectivity index (χ2v) is 13.7. The van der Waals surface area contributed by atoms with Crippen molar-refractivity contribution in [3.8, 4) is 0 Å². The molecule has 2 unspecified atom stereocenters. The number of benzene rings is 1. The summed E-state index contributed by atoms with van der Waals surface area (Å²) in [7, 11) is -3.32. The van der Waals surface area contributed by atoms with Gasteiger partial charge in [-0.2, -0.15) is 22.6 Å². The maximum atomic E-state index is 14.3. The molecule has 3 aliphatic rings. The third-order valence-electron chi connectivity index (χ3n) is 8.23. The van der Waals surface area contributed by atoms with Gasteiger partial charge in [-0.1, -0.05) is 48.0 Å². The average molecular weight is 642 g/mol. The summed E-state index contributed by atoms with van der Waals surface area (Å²) >= 11 is 7.28. The van der Waals surface area contributed by atoms with Crippen LogP contribution in [0.1, 0.15) is 53.8 Å². The number of carbonyl (C=O) groups excluding carboxylic acids is 1. The Balaban J connectivity index is 1.46. The van der Waals surface area contributed by atoms with Crippen LogP contribution in [0.3, 0.4) is 0 Å². The highest BCUT2D eigenvalue weighted by Crippen LogP contribution is 2.43. The number of rotatable bonds is 7. The predicted octanol–water partition coefficient (Wildman–Crippen LogP) is 4.60. The number of aromatic nitrogens is 2. The Labute approximate surface area is 254 Å². The Morgan fingerprint density at radius 3 is 2.47 bits per heavy atom. The molecule has 9 nitrogen and oxygen atoms in total. The van der Waals surface area contributed by atoms with Crippen molar-refractivity contribution in [2.75, 3.05) is 52.1 Å². The number of ether oxygens (including phenoxy) is 1. The van der Waals surface area contributed by atoms with Crippen molar-refractivity contribution in [3.63, 3.8) is 0 Å². The van der Waals surface area contributed by atoms with Crippen molar-refractivity contribution in [1.82, 2.24) is 23.9 Å². The van der Waals surface area contributed by atoms with Gasteiger partial charge in [-0.05, 0) is 31.4 Å². The number of sulfonamides is 1. The Bertz CT molecular complexity index is 1500. The lowest BCUT2D eigenvalue weighted by Gasteiger charge is -2.46. The standard InChI is InChI=1S/C29H35ClF3N5O4S/c1-3-42-27(39)24-19-34-38(26(24)29(31,32)33)22-10-7-13-35(20-22)25-18-28(30,12-11-23(25)21-8-5-4-6-9-21)36-14-16-37(17-15-36)43(2,40)41/h4-6,8-9,11-12,19,22H,3,7,10,13-18,20H2,1-2H3. The van der Waals surface area contributed by atoms with E-state index in [0.29, 0.717) is 52.0 Å². The number of piperidine rings is 1. The van der Waals surface area contributed by atoms with Crippen molar-refractivity contribution >= 4 is 33.2 Å². The summed E-state index contributed by atoms with van der Waals surface area (Å²) in [6, 6.07) is 9.08. The van der Waals surface area contributed by atoms with E-state index in [1.165, 1.54) is 17.5 Å². The van der Waals surface area contributed by atoms with Crippen molar-refractivity contribution in [1.29, 1.82) is 0 Å². The molecule has 0 radical (unpaired) electrons. The fourth-order valence-corrected chi connectivity index (χ4v) is 7.33. The van der Waals surface area contributed by atoms with Gasteiger partial charge in [0.2, 0.25) is 10.0 Å². The van der Waals surface area contributed by atoms with E-state index in [4.69, 9.17) is 16.3 Å². The molecule has 1 aromatic carbocycles. The minimum Gasteiger partial charge on any atom is -0.462 e. The molecule has 234 valence electrons. The van der Waals surface area contributed by atoms with E-state index < -0.39 is 44.5 Å². The van der Waals surface area contributed by atoms with E-state index in [0.717, 1.165) is 27.7 Å². The fourth-order valence-electron chi connectivity index (χ4n) is 6.15. The van der Waals surface area contributed by atoms with Crippen LogP contribution in [-0.2, 0) is 20.9 Å². The molecule has 43 heavy (non-hydrogen) atoms. The molecular weight excluding hydrogens is 607 g/mol. The molecule has 3 heterocycles. The van der Waals surface area contributed by atoms with Crippen molar-refractivity contribution in [3.05, 3.63) is 71.2 Å². The van der Waals surface area contributed by atoms with Crippen molar-refractivity contribution in [2.24, 2.45) is 0 Å². The zero-order valence-corrected chi connectivity index (χ0v) is 25.6. The Hall–Kier alpha value is -2.87. The van der Waals surface area contributed by atoms with Gasteiger partial charge in [0.15, 0.2) is 5.69 Å². The first-order valence-corrected chi connectivity index (χ1v) is 16.5. The van der Waals surface area contributed by atoms with Gasteiger partial charge < -0.3 is 9.64 Å². The Morgan fingerprint density at radius 2 is 1.84 bits per heavy atom. The zero-order valence-electron chi connectivity index (χ0n) is 24.1. The first-order valence-electron chi connectivity index (χ1n) is 14.3. The molecule has 2 aliphatic heterocycles. The number of halogens is 4. The van der Waals surface area contributed by atoms with E-state index >= 15 is 0 Å². The predicted molar refractivity (Wildman–Crippen MR) is 157 cm³/mol. The van der Waals surface area contributed by atoms with E-state index in [9.17, 15) is 26.4 Å². The number of nitrogens with zero attached hydrogens (tertiary/aromatic N) is 5. The first-order chi connectivity index (χ1) is 20.3. The number of hydrogen-bond donors (Lipinski definition) is 0. The van der Waals surface area contributed by atoms with Gasteiger partial charge in [0.05, 0.1) is 25.1 Å². The lowest BCUT2D eigenvalue weighted by atomic mass is 9.90. The lowest BCUT2D eigenvalue weighted by molar-refractivity contribution is -0.146. The number of esters is 1. The number of likely N-dealkylation sites (tertiary alicyclic amines) is 1. The van der Waals surface area contributed by atoms with Crippen LogP contribution >= 0.6 is 11.6 Å². The first kappa shape index (κ1) is 31.6. The molecule has 0 bridgehead atoms. The lowest BCUT2D eigenvalue weighted by Crippen LogP contribution is -2.56. The van der Waals surface area contributed by atoms with Crippen LogP contribution in [0.5, 0.6) is 0 Å². The number of hydrogen-bond acceptors (Lipinski definition) is 7. The molecular formula is C29H35ClF3N5O4S. The highest BCUT2D eigenvalue weighted by molar-refractivity contribution is 7.88. The number of piperazine rings is 1. The van der Waals surface area contributed by atoms with Crippen LogP contribution in [0.15, 0.2) is 54.4 Å². The third-order valence-corrected chi connectivity index (χ3v) is 10.0. The summed E-state index contributed by atoms with van der Waals surface area (Å²) in [6.07, 6.45) is 2.65. The number of carbonyl (C=O) groups is 1. The van der Waals surface area contributed by atoms with Crippen LogP contribution in [0.2, 0.25) is 0 Å². The van der Waals surface area contributed by atoms with Gasteiger partial charge in [-0.3, -0.25) is 9.58 Å². The van der Waals surface area contributed by atoms with Gasteiger partial charge in [-0.25, -0.2) is 13.2 Å². The van der Waals surface area contributed by atoms with Crippen LogP contribution < -0.4 is 0 Å². The molecule has 1 aliphatic carbocycles. The smallest absolute Gasteiger partial charge is 0.433 e. The maximum absolute atomic E-state index is 14.3. The molecule has 2 atom stereocenters. The summed E-state index contributed by atoms with van der Waals surface area (Å²) in [5.74, 6) is -1.05. The summed E-state index contributed by atoms with van der Waals surface area (Å²) in [5, 5.41) is 4.05. The summed E-state index contributed by atoms with van der Waals surface area (Å²) < 4.78 is 74.2. The monoisotopic (exact) mass is 641 g/mol. The molecule has 14 heteroatoms. The normalized spacial score (nSPS) is 24.4. The van der Waals surface area contributed by atoms with E-state index in [2.05, 4.69) is 14.9 Å². The van der Waals surface area contributed by atoms with Gasteiger partial charge in [-0.15, -0.1) is 0 Å². The summed E-state index contributed by atoms with van der Waals surface area (Å²) in [6.45, 7) is 3.85. The maximum Gasteiger partial charge on any atom is 0.433 e. The van der Waals surface area contributed by atoms with E-state index in [1.54, 1.807) is 0 Å². The molecule has 0 saturated carbocycles. The quantitative estimate of drug-likeness (QED) is 0.248. The van der Waals surface area contributed by atoms with Crippen LogP contribution in [0.4, 0.5) is 13.2 Å². The summed E-state index contributed by atoms with van der Waals surface area (Å²) in [5.41, 5.74) is 1.08. The molecule has 2 fully saturated rings. The van der Waals surface area contributed by atoms with Crippen LogP contribution in [0, 0.1) is 0 Å². The van der Waals surface area contributed by atoms with E-state index in [-0.39, 0.29) is 13.2 Å². The fraction of sp³-hybridized carbons (Fsp3) is 0.517. The topological polar surface area (TPSA) is 88.0 Å². The second kappa shape index (κ2) is 12.3. The molecule has 0 spiro atoms. The van der Waals surface area contributed by atoms with Crippen LogP contribution in [-0.4, -0.2) is 95.4 Å². The minimum atomic E-state index is -4.80. The van der Waals surface area contributed by atoms with Crippen LogP contribution in [0.25, 0.3) is 5.57 Å². The molecule has 0 amide bonds. The largest absolute Gasteiger partial charge is 0.462 e. The van der Waals surface area contributed by atoms with Gasteiger partial charge in [0.1, 0.15) is 10.6 Å². The molecule has 2 aromatic rings. The second-order valence-electron chi connectivity index (χ2n) is 11.0. The Kier molecular flexibility index (Phi) is 8.99. The number of alkyl halides is 4.